The zero-order chi connectivity index (χ0) is 17.6. The molecule has 1 aromatic heterocycles. The number of hydrogen-bond donors (Lipinski definition) is 1. The number of benzene rings is 1. The Morgan fingerprint density at radius 1 is 1.36 bits per heavy atom. The number of aliphatic hydroxyl groups excluding tert-OH is 1. The third kappa shape index (κ3) is 4.69. The molecule has 5 heteroatoms. The quantitative estimate of drug-likeness (QED) is 0.878. The molecule has 25 heavy (non-hydrogen) atoms. The number of amides is 1. The van der Waals surface area contributed by atoms with E-state index >= 15 is 0 Å². The van der Waals surface area contributed by atoms with E-state index in [4.69, 9.17) is 0 Å². The van der Waals surface area contributed by atoms with Crippen molar-refractivity contribution in [3.8, 4) is 0 Å². The highest BCUT2D eigenvalue weighted by Crippen LogP contribution is 2.24. The van der Waals surface area contributed by atoms with E-state index in [-0.39, 0.29) is 11.8 Å². The van der Waals surface area contributed by atoms with E-state index in [1.54, 1.807) is 12.5 Å². The van der Waals surface area contributed by atoms with Gasteiger partial charge in [-0.05, 0) is 43.2 Å². The second kappa shape index (κ2) is 8.30. The molecule has 1 saturated heterocycles. The first kappa shape index (κ1) is 17.7. The third-order valence-corrected chi connectivity index (χ3v) is 5.18. The molecule has 1 N–H and O–H groups in total. The van der Waals surface area contributed by atoms with Crippen LogP contribution in [-0.2, 0) is 17.8 Å². The Balaban J connectivity index is 1.46. The van der Waals surface area contributed by atoms with Crippen molar-refractivity contribution in [1.29, 1.82) is 0 Å². The molecule has 1 aliphatic heterocycles. The lowest BCUT2D eigenvalue weighted by Crippen LogP contribution is -2.47. The Labute approximate surface area is 149 Å². The van der Waals surface area contributed by atoms with E-state index in [9.17, 15) is 9.90 Å². The van der Waals surface area contributed by atoms with Gasteiger partial charge >= 0.3 is 0 Å². The van der Waals surface area contributed by atoms with Gasteiger partial charge in [0.1, 0.15) is 0 Å². The zero-order valence-corrected chi connectivity index (χ0v) is 14.8. The van der Waals surface area contributed by atoms with Crippen molar-refractivity contribution in [2.75, 3.05) is 13.1 Å². The minimum Gasteiger partial charge on any atom is -0.391 e. The normalized spacial score (nSPS) is 20.6. The summed E-state index contributed by atoms with van der Waals surface area (Å²) in [7, 11) is 0. The number of likely N-dealkylation sites (tertiary alicyclic amines) is 1. The summed E-state index contributed by atoms with van der Waals surface area (Å²) in [6.45, 7) is 4.12. The fraction of sp³-hybridized carbons (Fsp3) is 0.500. The molecule has 1 aliphatic rings. The maximum absolute atomic E-state index is 12.4. The van der Waals surface area contributed by atoms with Crippen molar-refractivity contribution in [2.24, 2.45) is 5.92 Å². The predicted molar refractivity (Wildman–Crippen MR) is 97.0 cm³/mol. The van der Waals surface area contributed by atoms with Crippen molar-refractivity contribution < 1.29 is 9.90 Å². The van der Waals surface area contributed by atoms with Crippen molar-refractivity contribution in [1.82, 2.24) is 14.5 Å². The summed E-state index contributed by atoms with van der Waals surface area (Å²) in [5.74, 6) is 0.379. The Morgan fingerprint density at radius 2 is 2.20 bits per heavy atom. The second-order valence-electron chi connectivity index (χ2n) is 6.99. The van der Waals surface area contributed by atoms with Crippen LogP contribution in [0.3, 0.4) is 0 Å². The van der Waals surface area contributed by atoms with Gasteiger partial charge in [0.05, 0.1) is 12.4 Å². The van der Waals surface area contributed by atoms with Gasteiger partial charge in [-0.3, -0.25) is 4.79 Å². The molecule has 1 fully saturated rings. The van der Waals surface area contributed by atoms with E-state index in [0.717, 1.165) is 32.4 Å². The van der Waals surface area contributed by atoms with Crippen molar-refractivity contribution in [3.05, 3.63) is 54.1 Å². The highest BCUT2D eigenvalue weighted by molar-refractivity contribution is 5.76. The van der Waals surface area contributed by atoms with Crippen LogP contribution in [0.25, 0.3) is 0 Å². The second-order valence-corrected chi connectivity index (χ2v) is 6.99. The van der Waals surface area contributed by atoms with E-state index in [2.05, 4.69) is 24.0 Å². The van der Waals surface area contributed by atoms with Crippen molar-refractivity contribution in [3.63, 3.8) is 0 Å². The highest BCUT2D eigenvalue weighted by atomic mass is 16.3. The lowest BCUT2D eigenvalue weighted by molar-refractivity contribution is -0.135. The van der Waals surface area contributed by atoms with Crippen molar-refractivity contribution in [2.45, 2.75) is 45.3 Å². The van der Waals surface area contributed by atoms with Crippen LogP contribution in [0.5, 0.6) is 0 Å². The van der Waals surface area contributed by atoms with Gasteiger partial charge in [0.15, 0.2) is 0 Å². The van der Waals surface area contributed by atoms with Crippen LogP contribution in [0.2, 0.25) is 0 Å². The molecule has 5 nitrogen and oxygen atoms in total. The van der Waals surface area contributed by atoms with Gasteiger partial charge < -0.3 is 14.6 Å². The molecular weight excluding hydrogens is 314 g/mol. The Hall–Kier alpha value is -2.14. The van der Waals surface area contributed by atoms with E-state index < -0.39 is 6.10 Å². The summed E-state index contributed by atoms with van der Waals surface area (Å²) in [5, 5.41) is 10.5. The average Bonchev–Trinajstić information content (AvgIpc) is 3.12. The SMILES string of the molecule is Cc1ccccc1C[C@H]1CCN(C(=O)CCCn2ccnc2)C[C@H]1O. The number of aliphatic hydroxyl groups is 1. The van der Waals surface area contributed by atoms with Crippen LogP contribution >= 0.6 is 0 Å². The number of carbonyl (C=O) groups is 1. The van der Waals surface area contributed by atoms with Crippen LogP contribution < -0.4 is 0 Å². The van der Waals surface area contributed by atoms with E-state index in [1.165, 1.54) is 11.1 Å². The summed E-state index contributed by atoms with van der Waals surface area (Å²) in [6, 6.07) is 8.34. The van der Waals surface area contributed by atoms with Gasteiger partial charge in [-0.2, -0.15) is 0 Å². The predicted octanol–water partition coefficient (Wildman–Crippen LogP) is 2.42. The van der Waals surface area contributed by atoms with Gasteiger partial charge in [-0.15, -0.1) is 0 Å². The number of hydrogen-bond acceptors (Lipinski definition) is 3. The first-order chi connectivity index (χ1) is 12.1. The fourth-order valence-corrected chi connectivity index (χ4v) is 3.56. The molecule has 0 saturated carbocycles. The van der Waals surface area contributed by atoms with Gasteiger partial charge in [0.25, 0.3) is 0 Å². The lowest BCUT2D eigenvalue weighted by Gasteiger charge is -2.36. The molecule has 0 unspecified atom stereocenters. The average molecular weight is 341 g/mol. The zero-order valence-electron chi connectivity index (χ0n) is 14.8. The molecule has 2 aromatic rings. The molecule has 0 aliphatic carbocycles. The molecular formula is C20H27N3O2. The molecule has 0 bridgehead atoms. The number of aromatic nitrogens is 2. The lowest BCUT2D eigenvalue weighted by atomic mass is 9.86. The largest absolute Gasteiger partial charge is 0.391 e. The third-order valence-electron chi connectivity index (χ3n) is 5.18. The minimum atomic E-state index is -0.439. The fourth-order valence-electron chi connectivity index (χ4n) is 3.56. The number of piperidine rings is 1. The smallest absolute Gasteiger partial charge is 0.222 e. The van der Waals surface area contributed by atoms with Crippen LogP contribution in [-0.4, -0.2) is 44.7 Å². The minimum absolute atomic E-state index is 0.147. The van der Waals surface area contributed by atoms with E-state index in [0.29, 0.717) is 13.0 Å². The summed E-state index contributed by atoms with van der Waals surface area (Å²) < 4.78 is 1.98. The first-order valence-corrected chi connectivity index (χ1v) is 9.09. The molecule has 134 valence electrons. The number of imidazole rings is 1. The van der Waals surface area contributed by atoms with Crippen LogP contribution in [0, 0.1) is 12.8 Å². The first-order valence-electron chi connectivity index (χ1n) is 9.09. The van der Waals surface area contributed by atoms with Gasteiger partial charge in [0.2, 0.25) is 5.91 Å². The molecule has 1 aromatic carbocycles. The molecule has 2 atom stereocenters. The Bertz CT molecular complexity index is 684. The summed E-state index contributed by atoms with van der Waals surface area (Å²) in [4.78, 5) is 18.2. The summed E-state index contributed by atoms with van der Waals surface area (Å²) in [5.41, 5.74) is 2.57. The summed E-state index contributed by atoms with van der Waals surface area (Å²) in [6.07, 6.45) is 8.06. The Morgan fingerprint density at radius 3 is 2.92 bits per heavy atom. The van der Waals surface area contributed by atoms with E-state index in [1.807, 2.05) is 27.8 Å². The van der Waals surface area contributed by atoms with Gasteiger partial charge in [0, 0.05) is 38.4 Å². The topological polar surface area (TPSA) is 58.4 Å². The summed E-state index contributed by atoms with van der Waals surface area (Å²) >= 11 is 0. The van der Waals surface area contributed by atoms with Gasteiger partial charge in [-0.25, -0.2) is 4.98 Å². The Kier molecular flexibility index (Phi) is 5.87. The number of carbonyl (C=O) groups excluding carboxylic acids is 1. The molecule has 0 radical (unpaired) electrons. The van der Waals surface area contributed by atoms with Gasteiger partial charge in [-0.1, -0.05) is 24.3 Å². The monoisotopic (exact) mass is 341 g/mol. The molecule has 3 rings (SSSR count). The van der Waals surface area contributed by atoms with Crippen LogP contribution in [0.4, 0.5) is 0 Å². The number of nitrogens with zero attached hydrogens (tertiary/aromatic N) is 3. The van der Waals surface area contributed by atoms with Crippen LogP contribution in [0.1, 0.15) is 30.4 Å². The molecule has 1 amide bonds. The van der Waals surface area contributed by atoms with Crippen LogP contribution in [0.15, 0.2) is 43.0 Å². The molecule has 2 heterocycles. The molecule has 0 spiro atoms. The number of β-amino-alcohol motifs (C(OH)–C–C–N with tert-alkyl or cyclic N) is 1. The maximum Gasteiger partial charge on any atom is 0.222 e. The standard InChI is InChI=1S/C20H27N3O2/c1-16-5-2-3-6-17(16)13-18-8-11-23(14-19(18)24)20(25)7-4-10-22-12-9-21-15-22/h2-3,5-6,9,12,15,18-19,24H,4,7-8,10-11,13-14H2,1H3/t18-,19-/m1/s1. The van der Waals surface area contributed by atoms with Crippen molar-refractivity contribution >= 4 is 5.91 Å². The highest BCUT2D eigenvalue weighted by Gasteiger charge is 2.30. The number of rotatable bonds is 6. The number of aryl methyl sites for hydroxylation is 2. The maximum atomic E-state index is 12.4.